The molecule has 1 rings (SSSR count). The highest BCUT2D eigenvalue weighted by Crippen LogP contribution is 2.24. The molecule has 1 aliphatic rings. The van der Waals surface area contributed by atoms with E-state index in [0.29, 0.717) is 12.1 Å². The fraction of sp³-hybridized carbons (Fsp3) is 1.00. The number of piperazine rings is 1. The second kappa shape index (κ2) is 6.49. The lowest BCUT2D eigenvalue weighted by atomic mass is 9.84. The summed E-state index contributed by atoms with van der Waals surface area (Å²) in [6.45, 7) is 14.3. The van der Waals surface area contributed by atoms with E-state index in [0.717, 1.165) is 26.1 Å². The summed E-state index contributed by atoms with van der Waals surface area (Å²) in [6, 6.07) is 1.12. The Kier molecular flexibility index (Phi) is 5.81. The van der Waals surface area contributed by atoms with Crippen molar-refractivity contribution in [2.24, 2.45) is 5.41 Å². The molecule has 1 saturated heterocycles. The summed E-state index contributed by atoms with van der Waals surface area (Å²) in [7, 11) is -0.723. The Morgan fingerprint density at radius 3 is 2.50 bits per heavy atom. The van der Waals surface area contributed by atoms with Crippen LogP contribution in [0, 0.1) is 5.41 Å². The minimum absolute atomic E-state index is 0.262. The molecule has 0 aliphatic carbocycles. The summed E-state index contributed by atoms with van der Waals surface area (Å²) >= 11 is 0. The van der Waals surface area contributed by atoms with Crippen molar-refractivity contribution in [3.8, 4) is 0 Å². The lowest BCUT2D eigenvalue weighted by Crippen LogP contribution is -2.61. The molecule has 4 unspecified atom stereocenters. The average molecular weight is 274 g/mol. The van der Waals surface area contributed by atoms with Crippen molar-refractivity contribution >= 4 is 10.8 Å². The van der Waals surface area contributed by atoms with E-state index in [4.69, 9.17) is 0 Å². The van der Waals surface area contributed by atoms with Crippen LogP contribution in [0.5, 0.6) is 0 Å². The van der Waals surface area contributed by atoms with Gasteiger partial charge in [-0.2, -0.15) is 0 Å². The van der Waals surface area contributed by atoms with E-state index in [1.54, 1.807) is 0 Å². The maximum atomic E-state index is 11.6. The second-order valence-corrected chi connectivity index (χ2v) is 8.45. The molecule has 3 nitrogen and oxygen atoms in total. The van der Waals surface area contributed by atoms with Crippen LogP contribution in [-0.4, -0.2) is 52.3 Å². The maximum Gasteiger partial charge on any atom is 0.0444 e. The monoisotopic (exact) mass is 274 g/mol. The molecule has 0 aromatic heterocycles. The molecular weight excluding hydrogens is 244 g/mol. The standard InChI is InChI=1S/C14H30N2OS/c1-7-12-8-15-13(14(3,4)5)10-16(12)9-11(2)18(6)17/h11-13,15H,7-10H2,1-6H3. The first-order valence-electron chi connectivity index (χ1n) is 7.05. The molecule has 0 bridgehead atoms. The number of hydrogen-bond acceptors (Lipinski definition) is 3. The quantitative estimate of drug-likeness (QED) is 0.849. The van der Waals surface area contributed by atoms with Gasteiger partial charge in [-0.1, -0.05) is 27.7 Å². The zero-order chi connectivity index (χ0) is 13.9. The Labute approximate surface area is 115 Å². The molecule has 1 fully saturated rings. The molecule has 18 heavy (non-hydrogen) atoms. The smallest absolute Gasteiger partial charge is 0.0444 e. The normalized spacial score (nSPS) is 30.1. The maximum absolute atomic E-state index is 11.6. The molecule has 0 spiro atoms. The Morgan fingerprint density at radius 2 is 2.06 bits per heavy atom. The second-order valence-electron chi connectivity index (χ2n) is 6.65. The van der Waals surface area contributed by atoms with Crippen LogP contribution in [0.4, 0.5) is 0 Å². The molecule has 0 saturated carbocycles. The number of rotatable bonds is 4. The highest BCUT2D eigenvalue weighted by Gasteiger charge is 2.33. The van der Waals surface area contributed by atoms with Gasteiger partial charge in [-0.15, -0.1) is 0 Å². The van der Waals surface area contributed by atoms with Crippen LogP contribution in [0.15, 0.2) is 0 Å². The molecule has 108 valence electrons. The van der Waals surface area contributed by atoms with E-state index < -0.39 is 10.8 Å². The average Bonchev–Trinajstić information content (AvgIpc) is 2.27. The highest BCUT2D eigenvalue weighted by molar-refractivity contribution is 7.84. The van der Waals surface area contributed by atoms with Gasteiger partial charge in [0.2, 0.25) is 0 Å². The Balaban J connectivity index is 2.68. The van der Waals surface area contributed by atoms with Gasteiger partial charge in [-0.3, -0.25) is 9.11 Å². The van der Waals surface area contributed by atoms with Crippen molar-refractivity contribution in [2.45, 2.75) is 58.4 Å². The van der Waals surface area contributed by atoms with Gasteiger partial charge in [0.25, 0.3) is 0 Å². The molecular formula is C14H30N2OS. The van der Waals surface area contributed by atoms with E-state index in [9.17, 15) is 4.21 Å². The SMILES string of the molecule is CCC1CNC(C(C)(C)C)CN1CC(C)S(C)=O. The first-order valence-corrected chi connectivity index (χ1v) is 8.67. The van der Waals surface area contributed by atoms with E-state index >= 15 is 0 Å². The van der Waals surface area contributed by atoms with Crippen LogP contribution in [0.2, 0.25) is 0 Å². The van der Waals surface area contributed by atoms with E-state index in [1.165, 1.54) is 0 Å². The summed E-state index contributed by atoms with van der Waals surface area (Å²) in [6.07, 6.45) is 2.97. The first kappa shape index (κ1) is 16.1. The topological polar surface area (TPSA) is 32.3 Å². The third kappa shape index (κ3) is 4.32. The summed E-state index contributed by atoms with van der Waals surface area (Å²) in [4.78, 5) is 2.54. The van der Waals surface area contributed by atoms with Crippen LogP contribution < -0.4 is 5.32 Å². The van der Waals surface area contributed by atoms with Gasteiger partial charge in [-0.25, -0.2) is 0 Å². The molecule has 1 N–H and O–H groups in total. The summed E-state index contributed by atoms with van der Waals surface area (Å²) in [5.41, 5.74) is 0.283. The Morgan fingerprint density at radius 1 is 1.44 bits per heavy atom. The minimum atomic E-state index is -0.723. The van der Waals surface area contributed by atoms with Gasteiger partial charge >= 0.3 is 0 Å². The predicted octanol–water partition coefficient (Wildman–Crippen LogP) is 1.85. The van der Waals surface area contributed by atoms with Gasteiger partial charge in [0, 0.05) is 54.0 Å². The highest BCUT2D eigenvalue weighted by atomic mass is 32.2. The van der Waals surface area contributed by atoms with Gasteiger partial charge < -0.3 is 5.32 Å². The van der Waals surface area contributed by atoms with Gasteiger partial charge in [0.15, 0.2) is 0 Å². The van der Waals surface area contributed by atoms with Gasteiger partial charge in [-0.05, 0) is 18.8 Å². The minimum Gasteiger partial charge on any atom is -0.311 e. The summed E-state index contributed by atoms with van der Waals surface area (Å²) in [5.74, 6) is 0. The van der Waals surface area contributed by atoms with Crippen molar-refractivity contribution in [1.29, 1.82) is 0 Å². The summed E-state index contributed by atoms with van der Waals surface area (Å²) < 4.78 is 11.6. The van der Waals surface area contributed by atoms with Crippen LogP contribution in [0.3, 0.4) is 0 Å². The summed E-state index contributed by atoms with van der Waals surface area (Å²) in [5, 5.41) is 3.94. The first-order chi connectivity index (χ1) is 8.25. The molecule has 4 heteroatoms. The lowest BCUT2D eigenvalue weighted by molar-refractivity contribution is 0.0846. The van der Waals surface area contributed by atoms with Crippen molar-refractivity contribution in [3.63, 3.8) is 0 Å². The van der Waals surface area contributed by atoms with Crippen molar-refractivity contribution < 1.29 is 4.21 Å². The lowest BCUT2D eigenvalue weighted by Gasteiger charge is -2.45. The van der Waals surface area contributed by atoms with Crippen molar-refractivity contribution in [3.05, 3.63) is 0 Å². The molecule has 0 radical (unpaired) electrons. The molecule has 0 aromatic rings. The fourth-order valence-corrected chi connectivity index (χ4v) is 2.90. The van der Waals surface area contributed by atoms with Crippen molar-refractivity contribution in [2.75, 3.05) is 25.9 Å². The van der Waals surface area contributed by atoms with Crippen LogP contribution in [-0.2, 0) is 10.8 Å². The zero-order valence-electron chi connectivity index (χ0n) is 12.8. The zero-order valence-corrected chi connectivity index (χ0v) is 13.6. The molecule has 1 heterocycles. The van der Waals surface area contributed by atoms with E-state index in [2.05, 4.69) is 44.8 Å². The molecule has 4 atom stereocenters. The molecule has 0 amide bonds. The van der Waals surface area contributed by atoms with Crippen LogP contribution in [0.25, 0.3) is 0 Å². The van der Waals surface area contributed by atoms with E-state index in [1.807, 2.05) is 6.26 Å². The van der Waals surface area contributed by atoms with Crippen LogP contribution in [0.1, 0.15) is 41.0 Å². The molecule has 0 aromatic carbocycles. The fourth-order valence-electron chi connectivity index (χ4n) is 2.50. The Bertz CT molecular complexity index is 288. The van der Waals surface area contributed by atoms with Crippen molar-refractivity contribution in [1.82, 2.24) is 10.2 Å². The van der Waals surface area contributed by atoms with Gasteiger partial charge in [0.1, 0.15) is 0 Å². The number of nitrogens with one attached hydrogen (secondary N) is 1. The molecule has 1 aliphatic heterocycles. The third-order valence-electron chi connectivity index (χ3n) is 4.11. The third-order valence-corrected chi connectivity index (χ3v) is 5.39. The van der Waals surface area contributed by atoms with Gasteiger partial charge in [0.05, 0.1) is 0 Å². The largest absolute Gasteiger partial charge is 0.311 e. The number of nitrogens with zero attached hydrogens (tertiary/aromatic N) is 1. The number of hydrogen-bond donors (Lipinski definition) is 1. The predicted molar refractivity (Wildman–Crippen MR) is 80.4 cm³/mol. The Hall–Kier alpha value is 0.0700. The van der Waals surface area contributed by atoms with E-state index in [-0.39, 0.29) is 10.7 Å². The van der Waals surface area contributed by atoms with Crippen LogP contribution >= 0.6 is 0 Å².